The molecule has 1 aliphatic heterocycles. The van der Waals surface area contributed by atoms with Crippen molar-refractivity contribution in [2.45, 2.75) is 20.3 Å². The molecule has 1 amide bonds. The number of hydrogen-bond donors (Lipinski definition) is 0. The zero-order valence-corrected chi connectivity index (χ0v) is 18.9. The van der Waals surface area contributed by atoms with Gasteiger partial charge < -0.3 is 4.74 Å². The van der Waals surface area contributed by atoms with Crippen LogP contribution in [-0.2, 0) is 4.74 Å². The van der Waals surface area contributed by atoms with Crippen LogP contribution in [0.5, 0.6) is 0 Å². The number of hydrogen-bond acceptors (Lipinski definition) is 5. The van der Waals surface area contributed by atoms with Crippen molar-refractivity contribution in [3.63, 3.8) is 0 Å². The highest BCUT2D eigenvalue weighted by atomic mass is 35.5. The van der Waals surface area contributed by atoms with Gasteiger partial charge in [-0.3, -0.25) is 14.6 Å². The van der Waals surface area contributed by atoms with E-state index in [0.29, 0.717) is 17.1 Å². The smallest absolute Gasteiger partial charge is 0.260 e. The number of halogens is 1. The molecule has 2 heterocycles. The maximum absolute atomic E-state index is 13.4. The summed E-state index contributed by atoms with van der Waals surface area (Å²) in [6.45, 7) is 9.20. The predicted octanol–water partition coefficient (Wildman–Crippen LogP) is 4.94. The number of carbonyl (C=O) groups is 1. The van der Waals surface area contributed by atoms with Crippen molar-refractivity contribution < 1.29 is 9.53 Å². The lowest BCUT2D eigenvalue weighted by atomic mass is 10.1. The molecule has 1 aliphatic rings. The number of carbonyl (C=O) groups excluding carboxylic acids is 1. The number of rotatable bonds is 6. The van der Waals surface area contributed by atoms with Crippen LogP contribution < -0.4 is 4.90 Å². The highest BCUT2D eigenvalue weighted by Gasteiger charge is 2.22. The van der Waals surface area contributed by atoms with Gasteiger partial charge in [0.2, 0.25) is 0 Å². The average Bonchev–Trinajstić information content (AvgIpc) is 3.16. The third kappa shape index (κ3) is 4.83. The second-order valence-corrected chi connectivity index (χ2v) is 9.11. The Kier molecular flexibility index (Phi) is 6.68. The highest BCUT2D eigenvalue weighted by Crippen LogP contribution is 2.33. The molecule has 0 radical (unpaired) electrons. The Labute approximate surface area is 186 Å². The second kappa shape index (κ2) is 9.43. The molecule has 7 heteroatoms. The summed E-state index contributed by atoms with van der Waals surface area (Å²) in [7, 11) is 0. The normalized spacial score (nSPS) is 14.9. The van der Waals surface area contributed by atoms with Gasteiger partial charge in [-0.25, -0.2) is 4.98 Å². The van der Waals surface area contributed by atoms with E-state index in [1.807, 2.05) is 4.90 Å². The van der Waals surface area contributed by atoms with Crippen molar-refractivity contribution in [3.05, 3.63) is 58.1 Å². The Morgan fingerprint density at radius 2 is 1.93 bits per heavy atom. The Morgan fingerprint density at radius 3 is 2.67 bits per heavy atom. The molecule has 0 unspecified atom stereocenters. The number of amides is 1. The van der Waals surface area contributed by atoms with Gasteiger partial charge in [0.05, 0.1) is 23.4 Å². The minimum absolute atomic E-state index is 0.0397. The van der Waals surface area contributed by atoms with Crippen LogP contribution in [0.3, 0.4) is 0 Å². The second-order valence-electron chi connectivity index (χ2n) is 7.70. The van der Waals surface area contributed by atoms with E-state index in [2.05, 4.69) is 30.9 Å². The number of nitrogens with zero attached hydrogens (tertiary/aromatic N) is 3. The summed E-state index contributed by atoms with van der Waals surface area (Å²) >= 11 is 7.60. The number of aryl methyl sites for hydroxylation is 2. The Hall–Kier alpha value is -1.99. The van der Waals surface area contributed by atoms with Gasteiger partial charge in [-0.2, -0.15) is 0 Å². The molecule has 0 saturated carbocycles. The van der Waals surface area contributed by atoms with Crippen LogP contribution in [0.2, 0.25) is 5.02 Å². The van der Waals surface area contributed by atoms with Gasteiger partial charge in [0.25, 0.3) is 5.91 Å². The highest BCUT2D eigenvalue weighted by molar-refractivity contribution is 7.22. The molecular formula is C23H26ClN3O2S. The first-order valence-corrected chi connectivity index (χ1v) is 11.5. The topological polar surface area (TPSA) is 45.7 Å². The van der Waals surface area contributed by atoms with Gasteiger partial charge in [0, 0.05) is 36.8 Å². The minimum atomic E-state index is -0.0397. The first-order valence-electron chi connectivity index (χ1n) is 10.3. The number of morpholine rings is 1. The molecule has 30 heavy (non-hydrogen) atoms. The van der Waals surface area contributed by atoms with E-state index < -0.39 is 0 Å². The SMILES string of the molecule is Cc1cc(C)c2sc(N(CCCN3CCOCC3)C(=O)c3ccc(Cl)cc3)nc2c1. The molecule has 2 aromatic carbocycles. The number of thiazole rings is 1. The minimum Gasteiger partial charge on any atom is -0.379 e. The summed E-state index contributed by atoms with van der Waals surface area (Å²) in [4.78, 5) is 22.4. The zero-order valence-electron chi connectivity index (χ0n) is 17.4. The quantitative estimate of drug-likeness (QED) is 0.541. The van der Waals surface area contributed by atoms with Gasteiger partial charge in [-0.05, 0) is 61.7 Å². The van der Waals surface area contributed by atoms with Gasteiger partial charge in [-0.15, -0.1) is 0 Å². The number of ether oxygens (including phenoxy) is 1. The summed E-state index contributed by atoms with van der Waals surface area (Å²) in [5.41, 5.74) is 3.95. The lowest BCUT2D eigenvalue weighted by Crippen LogP contribution is -2.39. The molecule has 0 spiro atoms. The maximum Gasteiger partial charge on any atom is 0.260 e. The third-order valence-corrected chi connectivity index (χ3v) is 6.82. The molecule has 3 aromatic rings. The molecule has 0 aliphatic carbocycles. The maximum atomic E-state index is 13.4. The number of anilines is 1. The molecule has 1 aromatic heterocycles. The third-order valence-electron chi connectivity index (χ3n) is 5.34. The van der Waals surface area contributed by atoms with Crippen LogP contribution in [0.4, 0.5) is 5.13 Å². The van der Waals surface area contributed by atoms with E-state index in [-0.39, 0.29) is 5.91 Å². The molecule has 0 N–H and O–H groups in total. The van der Waals surface area contributed by atoms with Crippen LogP contribution in [0.15, 0.2) is 36.4 Å². The molecular weight excluding hydrogens is 418 g/mol. The molecule has 1 saturated heterocycles. The number of aromatic nitrogens is 1. The molecule has 0 bridgehead atoms. The fraction of sp³-hybridized carbons (Fsp3) is 0.391. The van der Waals surface area contributed by atoms with E-state index in [9.17, 15) is 4.79 Å². The monoisotopic (exact) mass is 443 g/mol. The molecule has 1 fully saturated rings. The van der Waals surface area contributed by atoms with Crippen LogP contribution in [-0.4, -0.2) is 55.2 Å². The first-order chi connectivity index (χ1) is 14.5. The fourth-order valence-corrected chi connectivity index (χ4v) is 4.96. The summed E-state index contributed by atoms with van der Waals surface area (Å²) in [6, 6.07) is 11.3. The van der Waals surface area contributed by atoms with E-state index in [4.69, 9.17) is 21.3 Å². The molecule has 4 rings (SSSR count). The van der Waals surface area contributed by atoms with Crippen molar-refractivity contribution >= 4 is 44.2 Å². The lowest BCUT2D eigenvalue weighted by molar-refractivity contribution is 0.0376. The predicted molar refractivity (Wildman–Crippen MR) is 124 cm³/mol. The van der Waals surface area contributed by atoms with Crippen LogP contribution in [0.1, 0.15) is 27.9 Å². The Morgan fingerprint density at radius 1 is 1.20 bits per heavy atom. The van der Waals surface area contributed by atoms with Gasteiger partial charge in [0.1, 0.15) is 0 Å². The van der Waals surface area contributed by atoms with Gasteiger partial charge >= 0.3 is 0 Å². The summed E-state index contributed by atoms with van der Waals surface area (Å²) in [6.07, 6.45) is 0.882. The summed E-state index contributed by atoms with van der Waals surface area (Å²) < 4.78 is 6.57. The summed E-state index contributed by atoms with van der Waals surface area (Å²) in [5, 5.41) is 1.37. The van der Waals surface area contributed by atoms with Crippen molar-refractivity contribution in [2.75, 3.05) is 44.3 Å². The van der Waals surface area contributed by atoms with Crippen LogP contribution >= 0.6 is 22.9 Å². The first kappa shape index (κ1) is 21.2. The lowest BCUT2D eigenvalue weighted by Gasteiger charge is -2.27. The standard InChI is InChI=1S/C23H26ClN3O2S/c1-16-14-17(2)21-20(15-16)25-23(30-21)27(9-3-8-26-10-12-29-13-11-26)22(28)18-4-6-19(24)7-5-18/h4-7,14-15H,3,8-13H2,1-2H3. The zero-order chi connectivity index (χ0) is 21.1. The van der Waals surface area contributed by atoms with Crippen LogP contribution in [0, 0.1) is 13.8 Å². The molecule has 158 valence electrons. The van der Waals surface area contributed by atoms with Crippen molar-refractivity contribution in [2.24, 2.45) is 0 Å². The molecule has 0 atom stereocenters. The van der Waals surface area contributed by atoms with Gasteiger partial charge in [0.15, 0.2) is 5.13 Å². The van der Waals surface area contributed by atoms with Gasteiger partial charge in [-0.1, -0.05) is 29.0 Å². The van der Waals surface area contributed by atoms with E-state index in [1.165, 1.54) is 11.1 Å². The Bertz CT molecular complexity index is 1030. The van der Waals surface area contributed by atoms with Crippen molar-refractivity contribution in [3.8, 4) is 0 Å². The fourth-order valence-electron chi connectivity index (χ4n) is 3.79. The van der Waals surface area contributed by atoms with Crippen molar-refractivity contribution in [1.82, 2.24) is 9.88 Å². The van der Waals surface area contributed by atoms with E-state index in [1.54, 1.807) is 35.6 Å². The Balaban J connectivity index is 1.59. The van der Waals surface area contributed by atoms with Crippen LogP contribution in [0.25, 0.3) is 10.2 Å². The number of fused-ring (bicyclic) bond motifs is 1. The summed E-state index contributed by atoms with van der Waals surface area (Å²) in [5.74, 6) is -0.0397. The largest absolute Gasteiger partial charge is 0.379 e. The van der Waals surface area contributed by atoms with E-state index >= 15 is 0 Å². The average molecular weight is 444 g/mol. The number of benzene rings is 2. The van der Waals surface area contributed by atoms with Crippen molar-refractivity contribution in [1.29, 1.82) is 0 Å². The van der Waals surface area contributed by atoms with E-state index in [0.717, 1.165) is 54.6 Å². The molecule has 5 nitrogen and oxygen atoms in total.